The number of anilines is 1. The molecule has 0 aliphatic heterocycles. The molecule has 0 bridgehead atoms. The van der Waals surface area contributed by atoms with Gasteiger partial charge in [-0.15, -0.1) is 0 Å². The summed E-state index contributed by atoms with van der Waals surface area (Å²) in [5.74, 6) is 0.440. The summed E-state index contributed by atoms with van der Waals surface area (Å²) in [7, 11) is 1.57. The fourth-order valence-electron chi connectivity index (χ4n) is 1.67. The van der Waals surface area contributed by atoms with Crippen molar-refractivity contribution in [1.29, 1.82) is 0 Å². The van der Waals surface area contributed by atoms with Crippen LogP contribution >= 0.6 is 23.2 Å². The number of carbonyl (C=O) groups excluding carboxylic acids is 1. The van der Waals surface area contributed by atoms with Crippen LogP contribution in [0.2, 0.25) is 10.0 Å². The van der Waals surface area contributed by atoms with Gasteiger partial charge in [-0.25, -0.2) is 0 Å². The molecule has 0 radical (unpaired) electrons. The van der Waals surface area contributed by atoms with Gasteiger partial charge in [-0.2, -0.15) is 0 Å². The summed E-state index contributed by atoms with van der Waals surface area (Å²) in [5.41, 5.74) is 1.46. The molecule has 0 spiro atoms. The van der Waals surface area contributed by atoms with Crippen LogP contribution in [0.25, 0.3) is 6.08 Å². The minimum absolute atomic E-state index is 0.241. The lowest BCUT2D eigenvalue weighted by Crippen LogP contribution is -2.07. The van der Waals surface area contributed by atoms with Crippen molar-refractivity contribution in [3.05, 3.63) is 64.1 Å². The van der Waals surface area contributed by atoms with Crippen molar-refractivity contribution in [2.75, 3.05) is 12.4 Å². The first kappa shape index (κ1) is 15.4. The predicted octanol–water partition coefficient (Wildman–Crippen LogP) is 4.65. The van der Waals surface area contributed by atoms with Crippen molar-refractivity contribution in [2.45, 2.75) is 0 Å². The van der Waals surface area contributed by atoms with E-state index < -0.39 is 0 Å². The van der Waals surface area contributed by atoms with E-state index in [1.807, 2.05) is 0 Å². The highest BCUT2D eigenvalue weighted by Gasteiger charge is 2.00. The normalized spacial score (nSPS) is 10.6. The van der Waals surface area contributed by atoms with Gasteiger partial charge >= 0.3 is 0 Å². The molecule has 1 amide bonds. The van der Waals surface area contributed by atoms with Gasteiger partial charge in [0, 0.05) is 17.8 Å². The third-order valence-electron chi connectivity index (χ3n) is 2.71. The topological polar surface area (TPSA) is 38.3 Å². The first-order chi connectivity index (χ1) is 10.1. The molecule has 0 atom stereocenters. The Hall–Kier alpha value is -1.97. The van der Waals surface area contributed by atoms with Crippen LogP contribution in [-0.2, 0) is 4.79 Å². The average Bonchev–Trinajstić information content (AvgIpc) is 2.48. The maximum Gasteiger partial charge on any atom is 0.248 e. The van der Waals surface area contributed by atoms with E-state index in [4.69, 9.17) is 27.9 Å². The van der Waals surface area contributed by atoms with Crippen LogP contribution in [0.15, 0.2) is 48.5 Å². The number of carbonyl (C=O) groups is 1. The molecule has 0 aliphatic carbocycles. The predicted molar refractivity (Wildman–Crippen MR) is 87.1 cm³/mol. The second-order valence-electron chi connectivity index (χ2n) is 4.23. The molecule has 0 aliphatic rings. The highest BCUT2D eigenvalue weighted by molar-refractivity contribution is 6.42. The van der Waals surface area contributed by atoms with Gasteiger partial charge < -0.3 is 10.1 Å². The maximum absolute atomic E-state index is 11.8. The van der Waals surface area contributed by atoms with E-state index in [-0.39, 0.29) is 5.91 Å². The average molecular weight is 322 g/mol. The van der Waals surface area contributed by atoms with Crippen LogP contribution in [0.3, 0.4) is 0 Å². The van der Waals surface area contributed by atoms with Gasteiger partial charge in [-0.3, -0.25) is 4.79 Å². The van der Waals surface area contributed by atoms with Crippen molar-refractivity contribution in [2.24, 2.45) is 0 Å². The second-order valence-corrected chi connectivity index (χ2v) is 5.04. The highest BCUT2D eigenvalue weighted by Crippen LogP contribution is 2.23. The lowest BCUT2D eigenvalue weighted by Gasteiger charge is -2.04. The fraction of sp³-hybridized carbons (Fsp3) is 0.0625. The van der Waals surface area contributed by atoms with Crippen LogP contribution in [0.1, 0.15) is 5.56 Å². The minimum atomic E-state index is -0.241. The van der Waals surface area contributed by atoms with Crippen LogP contribution in [0, 0.1) is 0 Å². The summed E-state index contributed by atoms with van der Waals surface area (Å²) in [6.45, 7) is 0. The number of hydrogen-bond donors (Lipinski definition) is 1. The van der Waals surface area contributed by atoms with Crippen molar-refractivity contribution < 1.29 is 9.53 Å². The summed E-state index contributed by atoms with van der Waals surface area (Å²) >= 11 is 11.7. The smallest absolute Gasteiger partial charge is 0.248 e. The van der Waals surface area contributed by atoms with E-state index in [9.17, 15) is 4.79 Å². The Morgan fingerprint density at radius 2 is 1.95 bits per heavy atom. The second kappa shape index (κ2) is 7.16. The standard InChI is InChI=1S/C16H13Cl2NO2/c1-21-13-4-2-3-12(10-13)19-16(20)8-6-11-5-7-14(17)15(18)9-11/h2-10H,1H3,(H,19,20)/b8-6+. The molecule has 0 heterocycles. The molecule has 0 unspecified atom stereocenters. The van der Waals surface area contributed by atoms with Gasteiger partial charge in [-0.05, 0) is 35.9 Å². The zero-order valence-electron chi connectivity index (χ0n) is 11.3. The number of ether oxygens (including phenoxy) is 1. The van der Waals surface area contributed by atoms with Gasteiger partial charge in [0.05, 0.1) is 17.2 Å². The zero-order chi connectivity index (χ0) is 15.2. The van der Waals surface area contributed by atoms with Gasteiger partial charge in [0.2, 0.25) is 5.91 Å². The number of benzene rings is 2. The number of nitrogens with one attached hydrogen (secondary N) is 1. The molecular weight excluding hydrogens is 309 g/mol. The molecule has 1 N–H and O–H groups in total. The first-order valence-electron chi connectivity index (χ1n) is 6.16. The van der Waals surface area contributed by atoms with Crippen molar-refractivity contribution in [1.82, 2.24) is 0 Å². The number of halogens is 2. The molecule has 0 aromatic heterocycles. The number of amides is 1. The van der Waals surface area contributed by atoms with Crippen molar-refractivity contribution in [3.63, 3.8) is 0 Å². The molecule has 2 aromatic carbocycles. The molecule has 0 saturated heterocycles. The Labute approximate surface area is 133 Å². The van der Waals surface area contributed by atoms with Crippen molar-refractivity contribution >= 4 is 40.9 Å². The van der Waals surface area contributed by atoms with Crippen LogP contribution in [-0.4, -0.2) is 13.0 Å². The van der Waals surface area contributed by atoms with E-state index in [1.54, 1.807) is 55.7 Å². The van der Waals surface area contributed by atoms with Gasteiger partial charge in [0.25, 0.3) is 0 Å². The molecule has 2 aromatic rings. The Morgan fingerprint density at radius 1 is 1.14 bits per heavy atom. The Balaban J connectivity index is 2.03. The Morgan fingerprint density at radius 3 is 2.67 bits per heavy atom. The molecule has 108 valence electrons. The van der Waals surface area contributed by atoms with Crippen LogP contribution in [0.4, 0.5) is 5.69 Å². The zero-order valence-corrected chi connectivity index (χ0v) is 12.8. The first-order valence-corrected chi connectivity index (χ1v) is 6.92. The van der Waals surface area contributed by atoms with Gasteiger partial charge in [-0.1, -0.05) is 35.3 Å². The lowest BCUT2D eigenvalue weighted by atomic mass is 10.2. The number of rotatable bonds is 4. The SMILES string of the molecule is COc1cccc(NC(=O)/C=C/c2ccc(Cl)c(Cl)c2)c1. The lowest BCUT2D eigenvalue weighted by molar-refractivity contribution is -0.111. The molecule has 5 heteroatoms. The molecule has 21 heavy (non-hydrogen) atoms. The molecule has 0 saturated carbocycles. The van der Waals surface area contributed by atoms with Crippen LogP contribution in [0.5, 0.6) is 5.75 Å². The summed E-state index contributed by atoms with van der Waals surface area (Å²) in [6, 6.07) is 12.3. The molecular formula is C16H13Cl2NO2. The van der Waals surface area contributed by atoms with E-state index in [0.717, 1.165) is 5.56 Å². The highest BCUT2D eigenvalue weighted by atomic mass is 35.5. The fourth-order valence-corrected chi connectivity index (χ4v) is 1.98. The minimum Gasteiger partial charge on any atom is -0.497 e. The summed E-state index contributed by atoms with van der Waals surface area (Å²) in [5, 5.41) is 3.68. The summed E-state index contributed by atoms with van der Waals surface area (Å²) in [4.78, 5) is 11.8. The van der Waals surface area contributed by atoms with Gasteiger partial charge in [0.1, 0.15) is 5.75 Å². The Bertz CT molecular complexity index is 684. The van der Waals surface area contributed by atoms with E-state index in [0.29, 0.717) is 21.5 Å². The number of hydrogen-bond acceptors (Lipinski definition) is 2. The molecule has 0 fully saturated rings. The van der Waals surface area contributed by atoms with E-state index in [2.05, 4.69) is 5.32 Å². The maximum atomic E-state index is 11.8. The third-order valence-corrected chi connectivity index (χ3v) is 3.45. The summed E-state index contributed by atoms with van der Waals surface area (Å²) in [6.07, 6.45) is 3.09. The largest absolute Gasteiger partial charge is 0.497 e. The quantitative estimate of drug-likeness (QED) is 0.832. The number of methoxy groups -OCH3 is 1. The van der Waals surface area contributed by atoms with Gasteiger partial charge in [0.15, 0.2) is 0 Å². The summed E-state index contributed by atoms with van der Waals surface area (Å²) < 4.78 is 5.09. The van der Waals surface area contributed by atoms with E-state index >= 15 is 0 Å². The molecule has 3 nitrogen and oxygen atoms in total. The Kier molecular flexibility index (Phi) is 5.26. The monoisotopic (exact) mass is 321 g/mol. The van der Waals surface area contributed by atoms with E-state index in [1.165, 1.54) is 6.08 Å². The third kappa shape index (κ3) is 4.52. The van der Waals surface area contributed by atoms with Crippen LogP contribution < -0.4 is 10.1 Å². The molecule has 2 rings (SSSR count). The van der Waals surface area contributed by atoms with Crippen molar-refractivity contribution in [3.8, 4) is 5.75 Å².